The maximum Gasteiger partial charge on any atom is 0.311 e. The Morgan fingerprint density at radius 1 is 1.18 bits per heavy atom. The molecule has 6 heteroatoms. The summed E-state index contributed by atoms with van der Waals surface area (Å²) in [6.07, 6.45) is 1.10. The molecule has 0 aliphatic carbocycles. The normalized spacial score (nSPS) is 14.2. The molecule has 0 unspecified atom stereocenters. The molecular formula is C22H21NO5. The van der Waals surface area contributed by atoms with E-state index in [2.05, 4.69) is 24.3 Å². The Labute approximate surface area is 162 Å². The van der Waals surface area contributed by atoms with Gasteiger partial charge in [0, 0.05) is 18.7 Å². The third-order valence-electron chi connectivity index (χ3n) is 5.07. The fourth-order valence-corrected chi connectivity index (χ4v) is 3.55. The van der Waals surface area contributed by atoms with Crippen LogP contribution < -0.4 is 0 Å². The van der Waals surface area contributed by atoms with Crippen LogP contribution in [-0.2, 0) is 22.6 Å². The molecule has 1 aromatic heterocycles. The second-order valence-corrected chi connectivity index (χ2v) is 7.07. The Morgan fingerprint density at radius 3 is 2.71 bits per heavy atom. The number of carboxylic acids is 1. The molecule has 3 aromatic rings. The molecule has 144 valence electrons. The molecule has 1 aliphatic rings. The van der Waals surface area contributed by atoms with E-state index in [0.29, 0.717) is 30.8 Å². The second-order valence-electron chi connectivity index (χ2n) is 7.07. The maximum atomic E-state index is 12.7. The molecule has 1 fully saturated rings. The van der Waals surface area contributed by atoms with E-state index in [9.17, 15) is 9.59 Å². The fraction of sp³-hybridized carbons (Fsp3) is 0.273. The van der Waals surface area contributed by atoms with Gasteiger partial charge in [-0.15, -0.1) is 0 Å². The summed E-state index contributed by atoms with van der Waals surface area (Å²) < 4.78 is 11.2. The number of nitrogens with zero attached hydrogens (tertiary/aromatic N) is 1. The van der Waals surface area contributed by atoms with Crippen LogP contribution in [0, 0.1) is 6.92 Å². The Hall–Kier alpha value is -3.12. The van der Waals surface area contributed by atoms with Crippen LogP contribution >= 0.6 is 0 Å². The molecule has 1 N–H and O–H groups in total. The van der Waals surface area contributed by atoms with Gasteiger partial charge in [-0.25, -0.2) is 0 Å². The van der Waals surface area contributed by atoms with E-state index in [0.717, 1.165) is 5.56 Å². The first-order chi connectivity index (χ1) is 13.5. The first kappa shape index (κ1) is 18.3. The summed E-state index contributed by atoms with van der Waals surface area (Å²) in [5.74, 6) is -1.02. The van der Waals surface area contributed by atoms with Gasteiger partial charge in [-0.1, -0.05) is 42.5 Å². The topological polar surface area (TPSA) is 80.0 Å². The van der Waals surface area contributed by atoms with Crippen LogP contribution in [0.25, 0.3) is 10.8 Å². The smallest absolute Gasteiger partial charge is 0.311 e. The standard InChI is InChI=1S/C22H21NO5/c1-14-12-28-19(9-20(24)25)21(14)22(26)23-10-17(11-23)27-13-16-7-4-6-15-5-2-3-8-18(15)16/h2-8,12,17H,9-11,13H2,1H3,(H,24,25). The highest BCUT2D eigenvalue weighted by molar-refractivity contribution is 5.98. The lowest BCUT2D eigenvalue weighted by molar-refractivity contribution is -0.136. The number of carbonyl (C=O) groups is 2. The average Bonchev–Trinajstić information content (AvgIpc) is 2.99. The minimum Gasteiger partial charge on any atom is -0.481 e. The second kappa shape index (κ2) is 7.48. The van der Waals surface area contributed by atoms with Crippen LogP contribution in [0.1, 0.15) is 27.2 Å². The molecule has 0 spiro atoms. The Bertz CT molecular complexity index is 1030. The Balaban J connectivity index is 1.37. The van der Waals surface area contributed by atoms with E-state index in [1.54, 1.807) is 11.8 Å². The van der Waals surface area contributed by atoms with Gasteiger partial charge in [-0.3, -0.25) is 9.59 Å². The van der Waals surface area contributed by atoms with Crippen LogP contribution in [0.5, 0.6) is 0 Å². The number of furan rings is 1. The van der Waals surface area contributed by atoms with Crippen molar-refractivity contribution in [3.05, 3.63) is 71.2 Å². The summed E-state index contributed by atoms with van der Waals surface area (Å²) in [6.45, 7) is 3.21. The zero-order valence-electron chi connectivity index (χ0n) is 15.6. The minimum absolute atomic E-state index is 0.0296. The van der Waals surface area contributed by atoms with E-state index in [1.807, 2.05) is 18.2 Å². The number of aryl methyl sites for hydroxylation is 1. The van der Waals surface area contributed by atoms with Crippen molar-refractivity contribution in [2.45, 2.75) is 26.1 Å². The molecule has 2 heterocycles. The summed E-state index contributed by atoms with van der Waals surface area (Å²) in [6, 6.07) is 14.3. The minimum atomic E-state index is -1.02. The molecule has 0 bridgehead atoms. The number of aliphatic carboxylic acids is 1. The predicted molar refractivity (Wildman–Crippen MR) is 103 cm³/mol. The van der Waals surface area contributed by atoms with Gasteiger partial charge in [0.1, 0.15) is 12.2 Å². The quantitative estimate of drug-likeness (QED) is 0.710. The first-order valence-corrected chi connectivity index (χ1v) is 9.19. The SMILES string of the molecule is Cc1coc(CC(=O)O)c1C(=O)N1CC(OCc2cccc3ccccc23)C1. The molecule has 6 nitrogen and oxygen atoms in total. The molecule has 28 heavy (non-hydrogen) atoms. The number of carboxylic acid groups (broad SMARTS) is 1. The van der Waals surface area contributed by atoms with Gasteiger partial charge in [0.15, 0.2) is 0 Å². The van der Waals surface area contributed by atoms with Crippen LogP contribution in [0.2, 0.25) is 0 Å². The molecule has 4 rings (SSSR count). The summed E-state index contributed by atoms with van der Waals surface area (Å²) in [5.41, 5.74) is 2.13. The lowest BCUT2D eigenvalue weighted by Gasteiger charge is -2.39. The largest absolute Gasteiger partial charge is 0.481 e. The van der Waals surface area contributed by atoms with E-state index in [-0.39, 0.29) is 24.2 Å². The average molecular weight is 379 g/mol. The van der Waals surface area contributed by atoms with E-state index in [4.69, 9.17) is 14.3 Å². The highest BCUT2D eigenvalue weighted by Crippen LogP contribution is 2.25. The number of hydrogen-bond donors (Lipinski definition) is 1. The lowest BCUT2D eigenvalue weighted by atomic mass is 10.0. The number of hydrogen-bond acceptors (Lipinski definition) is 4. The van der Waals surface area contributed by atoms with Crippen molar-refractivity contribution in [2.75, 3.05) is 13.1 Å². The van der Waals surface area contributed by atoms with Gasteiger partial charge in [0.25, 0.3) is 5.91 Å². The number of ether oxygens (including phenoxy) is 1. The third kappa shape index (κ3) is 3.51. The van der Waals surface area contributed by atoms with Crippen LogP contribution in [0.15, 0.2) is 53.1 Å². The van der Waals surface area contributed by atoms with E-state index in [1.165, 1.54) is 17.0 Å². The third-order valence-corrected chi connectivity index (χ3v) is 5.07. The van der Waals surface area contributed by atoms with Crippen molar-refractivity contribution >= 4 is 22.6 Å². The van der Waals surface area contributed by atoms with Crippen molar-refractivity contribution < 1.29 is 23.8 Å². The van der Waals surface area contributed by atoms with Gasteiger partial charge >= 0.3 is 5.97 Å². The zero-order valence-corrected chi connectivity index (χ0v) is 15.6. The highest BCUT2D eigenvalue weighted by Gasteiger charge is 2.34. The van der Waals surface area contributed by atoms with Crippen molar-refractivity contribution in [1.29, 1.82) is 0 Å². The number of benzene rings is 2. The molecule has 0 saturated carbocycles. The summed E-state index contributed by atoms with van der Waals surface area (Å²) in [7, 11) is 0. The van der Waals surface area contributed by atoms with Crippen molar-refractivity contribution in [3.63, 3.8) is 0 Å². The van der Waals surface area contributed by atoms with Crippen molar-refractivity contribution in [1.82, 2.24) is 4.90 Å². The number of amides is 1. The maximum absolute atomic E-state index is 12.7. The fourth-order valence-electron chi connectivity index (χ4n) is 3.55. The molecule has 0 radical (unpaired) electrons. The molecule has 1 saturated heterocycles. The monoisotopic (exact) mass is 379 g/mol. The number of likely N-dealkylation sites (tertiary alicyclic amines) is 1. The molecule has 1 aliphatic heterocycles. The van der Waals surface area contributed by atoms with Crippen LogP contribution in [0.4, 0.5) is 0 Å². The summed E-state index contributed by atoms with van der Waals surface area (Å²) in [4.78, 5) is 25.4. The summed E-state index contributed by atoms with van der Waals surface area (Å²) >= 11 is 0. The van der Waals surface area contributed by atoms with Gasteiger partial charge in [0.05, 0.1) is 24.5 Å². The van der Waals surface area contributed by atoms with Crippen LogP contribution in [-0.4, -0.2) is 41.1 Å². The Kier molecular flexibility index (Phi) is 4.88. The number of carbonyl (C=O) groups excluding carboxylic acids is 1. The Morgan fingerprint density at radius 2 is 1.93 bits per heavy atom. The van der Waals surface area contributed by atoms with E-state index < -0.39 is 5.97 Å². The van der Waals surface area contributed by atoms with Crippen molar-refractivity contribution in [2.24, 2.45) is 0 Å². The van der Waals surface area contributed by atoms with E-state index >= 15 is 0 Å². The van der Waals surface area contributed by atoms with Crippen LogP contribution in [0.3, 0.4) is 0 Å². The van der Waals surface area contributed by atoms with Gasteiger partial charge in [-0.2, -0.15) is 0 Å². The lowest BCUT2D eigenvalue weighted by Crippen LogP contribution is -2.54. The predicted octanol–water partition coefficient (Wildman–Crippen LogP) is 3.41. The van der Waals surface area contributed by atoms with Gasteiger partial charge in [-0.05, 0) is 23.3 Å². The molecule has 2 aromatic carbocycles. The number of rotatable bonds is 6. The van der Waals surface area contributed by atoms with Crippen molar-refractivity contribution in [3.8, 4) is 0 Å². The first-order valence-electron chi connectivity index (χ1n) is 9.19. The molecule has 1 amide bonds. The molecular weight excluding hydrogens is 358 g/mol. The summed E-state index contributed by atoms with van der Waals surface area (Å²) in [5, 5.41) is 11.3. The highest BCUT2D eigenvalue weighted by atomic mass is 16.5. The van der Waals surface area contributed by atoms with Gasteiger partial charge in [0.2, 0.25) is 0 Å². The molecule has 0 atom stereocenters. The zero-order chi connectivity index (χ0) is 19.7. The number of fused-ring (bicyclic) bond motifs is 1. The van der Waals surface area contributed by atoms with Gasteiger partial charge < -0.3 is 19.2 Å².